The molecule has 0 saturated heterocycles. The summed E-state index contributed by atoms with van der Waals surface area (Å²) in [6.45, 7) is 4.29. The summed E-state index contributed by atoms with van der Waals surface area (Å²) in [6.07, 6.45) is 0. The van der Waals surface area contributed by atoms with Gasteiger partial charge in [0, 0.05) is 26.9 Å². The first-order valence-corrected chi connectivity index (χ1v) is 9.76. The van der Waals surface area contributed by atoms with E-state index in [0.29, 0.717) is 40.2 Å². The summed E-state index contributed by atoms with van der Waals surface area (Å²) in [4.78, 5) is 16.5. The Morgan fingerprint density at radius 1 is 1.17 bits per heavy atom. The number of halogens is 2. The van der Waals surface area contributed by atoms with Gasteiger partial charge in [-0.1, -0.05) is 29.3 Å². The van der Waals surface area contributed by atoms with Gasteiger partial charge in [0.25, 0.3) is 0 Å². The Kier molecular flexibility index (Phi) is 5.30. The van der Waals surface area contributed by atoms with Crippen LogP contribution in [0.3, 0.4) is 0 Å². The van der Waals surface area contributed by atoms with E-state index in [0.717, 1.165) is 16.8 Å². The fourth-order valence-corrected chi connectivity index (χ4v) is 3.49. The molecule has 0 aliphatic carbocycles. The van der Waals surface area contributed by atoms with Gasteiger partial charge < -0.3 is 9.15 Å². The molecule has 0 atom stereocenters. The minimum absolute atomic E-state index is 0.264. The zero-order chi connectivity index (χ0) is 20.5. The van der Waals surface area contributed by atoms with Gasteiger partial charge in [-0.2, -0.15) is 5.10 Å². The van der Waals surface area contributed by atoms with Crippen molar-refractivity contribution in [2.24, 2.45) is 0 Å². The molecule has 0 aliphatic heterocycles. The molecular formula is C21H17Cl2N3O3. The Morgan fingerprint density at radius 3 is 2.76 bits per heavy atom. The number of fused-ring (bicyclic) bond motifs is 1. The lowest BCUT2D eigenvalue weighted by Crippen LogP contribution is -2.08. The number of aryl methyl sites for hydroxylation is 1. The fourth-order valence-electron chi connectivity index (χ4n) is 3.06. The Labute approximate surface area is 177 Å². The Balaban J connectivity index is 1.73. The van der Waals surface area contributed by atoms with E-state index >= 15 is 0 Å². The Bertz CT molecular complexity index is 1210. The normalized spacial score (nSPS) is 11.2. The van der Waals surface area contributed by atoms with E-state index in [2.05, 4.69) is 10.1 Å². The van der Waals surface area contributed by atoms with Crippen molar-refractivity contribution in [2.45, 2.75) is 20.4 Å². The van der Waals surface area contributed by atoms with Crippen LogP contribution in [0.2, 0.25) is 10.0 Å². The highest BCUT2D eigenvalue weighted by atomic mass is 35.5. The molecule has 4 rings (SSSR count). The number of ether oxygens (including phenoxy) is 1. The average Bonchev–Trinajstić information content (AvgIpc) is 3.26. The second-order valence-corrected chi connectivity index (χ2v) is 7.36. The molecule has 0 saturated carbocycles. The van der Waals surface area contributed by atoms with Crippen molar-refractivity contribution in [1.29, 1.82) is 0 Å². The van der Waals surface area contributed by atoms with Crippen molar-refractivity contribution in [3.05, 3.63) is 69.5 Å². The summed E-state index contributed by atoms with van der Waals surface area (Å²) in [6, 6.07) is 12.5. The average molecular weight is 430 g/mol. The van der Waals surface area contributed by atoms with Gasteiger partial charge in [0.1, 0.15) is 5.52 Å². The molecule has 2 aromatic carbocycles. The van der Waals surface area contributed by atoms with E-state index < -0.39 is 5.97 Å². The van der Waals surface area contributed by atoms with E-state index in [1.807, 2.05) is 25.1 Å². The van der Waals surface area contributed by atoms with Gasteiger partial charge in [-0.05, 0) is 50.2 Å². The maximum absolute atomic E-state index is 12.0. The Morgan fingerprint density at radius 2 is 2.00 bits per heavy atom. The number of esters is 1. The first-order valence-electron chi connectivity index (χ1n) is 9.01. The van der Waals surface area contributed by atoms with E-state index in [-0.39, 0.29) is 5.69 Å². The van der Waals surface area contributed by atoms with E-state index in [4.69, 9.17) is 32.4 Å². The zero-order valence-corrected chi connectivity index (χ0v) is 17.3. The molecule has 0 fully saturated rings. The van der Waals surface area contributed by atoms with Crippen molar-refractivity contribution in [1.82, 2.24) is 14.8 Å². The Hall–Kier alpha value is -2.83. The third kappa shape index (κ3) is 3.99. The van der Waals surface area contributed by atoms with Gasteiger partial charge in [0.05, 0.1) is 13.2 Å². The van der Waals surface area contributed by atoms with Crippen molar-refractivity contribution < 1.29 is 13.9 Å². The van der Waals surface area contributed by atoms with Crippen molar-refractivity contribution in [2.75, 3.05) is 6.61 Å². The van der Waals surface area contributed by atoms with Crippen LogP contribution in [-0.2, 0) is 11.3 Å². The van der Waals surface area contributed by atoms with Crippen LogP contribution in [-0.4, -0.2) is 27.3 Å². The molecule has 0 aliphatic rings. The molecule has 0 bridgehead atoms. The molecule has 0 spiro atoms. The summed E-state index contributed by atoms with van der Waals surface area (Å²) < 4.78 is 12.8. The van der Waals surface area contributed by atoms with Gasteiger partial charge >= 0.3 is 5.97 Å². The van der Waals surface area contributed by atoms with Crippen LogP contribution >= 0.6 is 23.2 Å². The summed E-state index contributed by atoms with van der Waals surface area (Å²) >= 11 is 12.4. The molecule has 2 heterocycles. The number of hydrogen-bond donors (Lipinski definition) is 0. The number of carbonyl (C=O) groups is 1. The van der Waals surface area contributed by atoms with Gasteiger partial charge in [-0.15, -0.1) is 0 Å². The lowest BCUT2D eigenvalue weighted by Gasteiger charge is -2.06. The number of carbonyl (C=O) groups excluding carboxylic acids is 1. The minimum Gasteiger partial charge on any atom is -0.461 e. The van der Waals surface area contributed by atoms with Gasteiger partial charge in [-0.3, -0.25) is 4.68 Å². The van der Waals surface area contributed by atoms with Crippen molar-refractivity contribution in [3.63, 3.8) is 0 Å². The highest BCUT2D eigenvalue weighted by Crippen LogP contribution is 2.31. The second kappa shape index (κ2) is 7.89. The number of aromatic nitrogens is 3. The number of rotatable bonds is 5. The monoisotopic (exact) mass is 429 g/mol. The van der Waals surface area contributed by atoms with E-state index in [1.54, 1.807) is 35.9 Å². The quantitative estimate of drug-likeness (QED) is 0.390. The molecule has 4 aromatic rings. The van der Waals surface area contributed by atoms with Crippen LogP contribution in [0.5, 0.6) is 0 Å². The maximum atomic E-state index is 12.0. The second-order valence-electron chi connectivity index (χ2n) is 6.49. The summed E-state index contributed by atoms with van der Waals surface area (Å²) in [5.41, 5.74) is 3.90. The predicted molar refractivity (Wildman–Crippen MR) is 111 cm³/mol. The minimum atomic E-state index is -0.450. The van der Waals surface area contributed by atoms with Crippen molar-refractivity contribution in [3.8, 4) is 11.5 Å². The first-order chi connectivity index (χ1) is 13.9. The third-order valence-corrected chi connectivity index (χ3v) is 4.84. The molecule has 0 amide bonds. The maximum Gasteiger partial charge on any atom is 0.358 e. The molecule has 148 valence electrons. The molecule has 2 aromatic heterocycles. The third-order valence-electron chi connectivity index (χ3n) is 4.39. The fraction of sp³-hybridized carbons (Fsp3) is 0.190. The molecular weight excluding hydrogens is 413 g/mol. The molecule has 8 heteroatoms. The molecule has 0 unspecified atom stereocenters. The van der Waals surface area contributed by atoms with Crippen LogP contribution < -0.4 is 0 Å². The number of hydrogen-bond acceptors (Lipinski definition) is 5. The van der Waals surface area contributed by atoms with E-state index in [1.165, 1.54) is 0 Å². The largest absolute Gasteiger partial charge is 0.461 e. The van der Waals surface area contributed by atoms with Gasteiger partial charge in [0.15, 0.2) is 11.3 Å². The van der Waals surface area contributed by atoms with Crippen LogP contribution in [0.1, 0.15) is 28.7 Å². The topological polar surface area (TPSA) is 70.2 Å². The predicted octanol–water partition coefficient (Wildman–Crippen LogP) is 5.53. The summed E-state index contributed by atoms with van der Waals surface area (Å²) in [5.74, 6) is 0.00363. The molecule has 6 nitrogen and oxygen atoms in total. The first kappa shape index (κ1) is 19.5. The SMILES string of the molecule is CCOC(=O)c1cc(C)n(Cc2cc(Cl)cc3nc(-c4cccc(Cl)c4)oc23)n1. The lowest BCUT2D eigenvalue weighted by atomic mass is 10.2. The lowest BCUT2D eigenvalue weighted by molar-refractivity contribution is 0.0518. The molecule has 0 radical (unpaired) electrons. The van der Waals surface area contributed by atoms with Crippen LogP contribution in [0.15, 0.2) is 46.9 Å². The van der Waals surface area contributed by atoms with Crippen LogP contribution in [0.25, 0.3) is 22.6 Å². The van der Waals surface area contributed by atoms with Crippen LogP contribution in [0.4, 0.5) is 0 Å². The summed E-state index contributed by atoms with van der Waals surface area (Å²) in [7, 11) is 0. The smallest absolute Gasteiger partial charge is 0.358 e. The van der Waals surface area contributed by atoms with E-state index in [9.17, 15) is 4.79 Å². The number of oxazole rings is 1. The summed E-state index contributed by atoms with van der Waals surface area (Å²) in [5, 5.41) is 5.49. The zero-order valence-electron chi connectivity index (χ0n) is 15.8. The highest BCUT2D eigenvalue weighted by Gasteiger charge is 2.17. The molecule has 29 heavy (non-hydrogen) atoms. The molecule has 0 N–H and O–H groups in total. The highest BCUT2D eigenvalue weighted by molar-refractivity contribution is 6.31. The number of benzene rings is 2. The van der Waals surface area contributed by atoms with Gasteiger partial charge in [0.2, 0.25) is 5.89 Å². The number of nitrogens with zero attached hydrogens (tertiary/aromatic N) is 3. The van der Waals surface area contributed by atoms with Crippen molar-refractivity contribution >= 4 is 40.3 Å². The van der Waals surface area contributed by atoms with Gasteiger partial charge in [-0.25, -0.2) is 9.78 Å². The van der Waals surface area contributed by atoms with Crippen LogP contribution in [0, 0.1) is 6.92 Å². The standard InChI is InChI=1S/C21H17Cl2N3O3/c1-3-28-21(27)18-7-12(2)26(25-18)11-14-9-16(23)10-17-19(14)29-20(24-17)13-5-4-6-15(22)8-13/h4-10H,3,11H2,1-2H3.